The van der Waals surface area contributed by atoms with E-state index in [1.54, 1.807) is 61.2 Å². The lowest BCUT2D eigenvalue weighted by Crippen LogP contribution is -2.42. The quantitative estimate of drug-likeness (QED) is 0.117. The lowest BCUT2D eigenvalue weighted by molar-refractivity contribution is -0.141. The number of thiazole rings is 1. The molecule has 0 radical (unpaired) electrons. The van der Waals surface area contributed by atoms with Crippen molar-refractivity contribution >= 4 is 70.0 Å². The lowest BCUT2D eigenvalue weighted by atomic mass is 9.68. The summed E-state index contributed by atoms with van der Waals surface area (Å²) >= 11 is 9.27. The minimum Gasteiger partial charge on any atom is -0.483 e. The normalized spacial score (nSPS) is 25.7. The number of nitrogens with one attached hydrogen (secondary N) is 2. The largest absolute Gasteiger partial charge is 0.483 e. The van der Waals surface area contributed by atoms with Crippen molar-refractivity contribution in [3.8, 4) is 5.75 Å². The van der Waals surface area contributed by atoms with Gasteiger partial charge in [0.05, 0.1) is 29.0 Å². The highest BCUT2D eigenvalue weighted by Gasteiger charge is 2.69. The third-order valence-corrected chi connectivity index (χ3v) is 13.3. The summed E-state index contributed by atoms with van der Waals surface area (Å²) in [4.78, 5) is 81.3. The molecule has 3 aromatic rings. The van der Waals surface area contributed by atoms with E-state index in [1.165, 1.54) is 4.90 Å². The number of unbranched alkanes of at least 4 members (excludes halogenated alkanes) is 2. The Morgan fingerprint density at radius 3 is 2.49 bits per heavy atom. The Kier molecular flexibility index (Phi) is 10.0. The maximum atomic E-state index is 13.9. The third-order valence-electron chi connectivity index (χ3n) is 10.4. The number of aromatic nitrogens is 1. The maximum Gasteiger partial charge on any atom is 0.338 e. The summed E-state index contributed by atoms with van der Waals surface area (Å²) in [5, 5.41) is 12.9. The molecule has 12 nitrogen and oxygen atoms in total. The van der Waals surface area contributed by atoms with Crippen LogP contribution in [-0.4, -0.2) is 69.7 Å². The number of fused-ring (bicyclic) bond motifs is 9. The first kappa shape index (κ1) is 35.3. The molecule has 7 rings (SSSR count). The fourth-order valence-electron chi connectivity index (χ4n) is 8.51. The fraction of sp³-hybridized carbons (Fsp3) is 0.444. The van der Waals surface area contributed by atoms with Gasteiger partial charge >= 0.3 is 16.8 Å². The summed E-state index contributed by atoms with van der Waals surface area (Å²) in [5.74, 6) is -3.17. The predicted octanol–water partition coefficient (Wildman–Crippen LogP) is 5.40. The van der Waals surface area contributed by atoms with Gasteiger partial charge in [-0.05, 0) is 86.4 Å². The molecule has 4 aliphatic rings. The van der Waals surface area contributed by atoms with E-state index in [0.717, 1.165) is 21.2 Å². The van der Waals surface area contributed by atoms with Crippen molar-refractivity contribution in [2.75, 3.05) is 25.1 Å². The summed E-state index contributed by atoms with van der Waals surface area (Å²) in [6.45, 7) is 1.93. The Morgan fingerprint density at radius 1 is 1.02 bits per heavy atom. The smallest absolute Gasteiger partial charge is 0.338 e. The molecular formula is C36H36ClN3O9S2. The number of amides is 3. The number of imide groups is 1. The standard InChI is InChI=1S/C36H36ClN3O9S2/c1-2-48-35(46)17-7-10-19(11-8-17)38-24(41)16-49-23-12-9-18(37)14-20(23)26-27-21-15-22(30(27)50-32-31(26)51-36(47)39-32)29-28(21)33(44)40(34(29)45)13-5-3-4-6-25(42)43/h7-12,14,21-22,26-30H,2-6,13,15-16H2,1H3,(H,38,41)(H,39,47)(H,42,43)/t21?,22?,26-,27?,28?,29?,30?/m1/s1. The zero-order valence-electron chi connectivity index (χ0n) is 27.6. The third kappa shape index (κ3) is 6.69. The number of H-pyrrole nitrogens is 1. The number of anilines is 1. The summed E-state index contributed by atoms with van der Waals surface area (Å²) in [7, 11) is 0. The van der Waals surface area contributed by atoms with Crippen molar-refractivity contribution in [1.29, 1.82) is 0 Å². The molecule has 3 amide bonds. The minimum absolute atomic E-state index is 0.0426. The molecule has 2 bridgehead atoms. The van der Waals surface area contributed by atoms with E-state index >= 15 is 0 Å². The Hall–Kier alpha value is -4.14. The van der Waals surface area contributed by atoms with E-state index < -0.39 is 29.7 Å². The molecule has 51 heavy (non-hydrogen) atoms. The van der Waals surface area contributed by atoms with Gasteiger partial charge in [-0.25, -0.2) is 4.79 Å². The Morgan fingerprint density at radius 2 is 1.76 bits per heavy atom. The van der Waals surface area contributed by atoms with E-state index in [9.17, 15) is 28.8 Å². The Bertz CT molecular complexity index is 1950. The molecule has 2 aliphatic heterocycles. The van der Waals surface area contributed by atoms with Crippen molar-refractivity contribution in [2.45, 2.75) is 55.2 Å². The second-order valence-electron chi connectivity index (χ2n) is 13.3. The highest BCUT2D eigenvalue weighted by Crippen LogP contribution is 2.69. The van der Waals surface area contributed by atoms with Crippen molar-refractivity contribution in [2.24, 2.45) is 29.6 Å². The van der Waals surface area contributed by atoms with Crippen LogP contribution in [-0.2, 0) is 23.9 Å². The number of carbonyl (C=O) groups is 5. The number of hydrogen-bond acceptors (Lipinski definition) is 10. The van der Waals surface area contributed by atoms with Crippen molar-refractivity contribution in [3.63, 3.8) is 0 Å². The van der Waals surface area contributed by atoms with Gasteiger partial charge < -0.3 is 24.9 Å². The molecule has 2 saturated carbocycles. The first-order chi connectivity index (χ1) is 24.5. The van der Waals surface area contributed by atoms with Crippen molar-refractivity contribution < 1.29 is 38.6 Å². The Labute approximate surface area is 306 Å². The van der Waals surface area contributed by atoms with Crippen LogP contribution in [0.3, 0.4) is 0 Å². The number of esters is 1. The van der Waals surface area contributed by atoms with Crippen LogP contribution < -0.4 is 14.9 Å². The molecular weight excluding hydrogens is 718 g/mol. The van der Waals surface area contributed by atoms with Crippen LogP contribution in [0, 0.1) is 29.6 Å². The van der Waals surface area contributed by atoms with Crippen LogP contribution in [0.15, 0.2) is 52.3 Å². The minimum atomic E-state index is -0.866. The van der Waals surface area contributed by atoms with Gasteiger partial charge in [0.15, 0.2) is 6.61 Å². The number of rotatable bonds is 13. The van der Waals surface area contributed by atoms with E-state index in [0.29, 0.717) is 53.3 Å². The molecule has 7 atom stereocenters. The second-order valence-corrected chi connectivity index (χ2v) is 15.9. The number of likely N-dealkylation sites (tertiary alicyclic amines) is 1. The summed E-state index contributed by atoms with van der Waals surface area (Å²) in [5.41, 5.74) is 1.55. The number of halogens is 1. The number of hydrogen-bond donors (Lipinski definition) is 3. The SMILES string of the molecule is CCOC(=O)c1ccc(NC(=O)COc2ccc(Cl)cc2[C@H]2c3sc(=O)[nH]c3SC3C4CC(C5C(=O)N(CCCCCC(=O)O)C(=O)C45)C32)cc1. The van der Waals surface area contributed by atoms with Crippen molar-refractivity contribution in [1.82, 2.24) is 9.88 Å². The summed E-state index contributed by atoms with van der Waals surface area (Å²) in [6, 6.07) is 11.5. The number of thioether (sulfide) groups is 1. The number of ether oxygens (including phenoxy) is 2. The highest BCUT2D eigenvalue weighted by molar-refractivity contribution is 8.00. The predicted molar refractivity (Wildman–Crippen MR) is 189 cm³/mol. The average Bonchev–Trinajstić information content (AvgIpc) is 3.83. The van der Waals surface area contributed by atoms with Gasteiger partial charge in [0.2, 0.25) is 11.8 Å². The molecule has 2 aromatic carbocycles. The molecule has 1 saturated heterocycles. The summed E-state index contributed by atoms with van der Waals surface area (Å²) < 4.78 is 11.2. The van der Waals surface area contributed by atoms with Gasteiger partial charge in [-0.15, -0.1) is 11.8 Å². The molecule has 15 heteroatoms. The van der Waals surface area contributed by atoms with E-state index in [2.05, 4.69) is 10.3 Å². The zero-order chi connectivity index (χ0) is 36.0. The number of aromatic amines is 1. The van der Waals surface area contributed by atoms with Crippen LogP contribution in [0.1, 0.15) is 65.7 Å². The number of nitrogens with zero attached hydrogens (tertiary/aromatic N) is 1. The van der Waals surface area contributed by atoms with Gasteiger partial charge in [0.25, 0.3) is 5.91 Å². The van der Waals surface area contributed by atoms with Gasteiger partial charge in [-0.1, -0.05) is 29.4 Å². The van der Waals surface area contributed by atoms with E-state index in [4.69, 9.17) is 26.2 Å². The van der Waals surface area contributed by atoms with Crippen LogP contribution >= 0.6 is 34.7 Å². The monoisotopic (exact) mass is 753 g/mol. The Balaban J connectivity index is 1.12. The molecule has 2 aliphatic carbocycles. The van der Waals surface area contributed by atoms with Crippen LogP contribution in [0.25, 0.3) is 0 Å². The first-order valence-corrected chi connectivity index (χ1v) is 19.1. The fourth-order valence-corrected chi connectivity index (χ4v) is 11.6. The van der Waals surface area contributed by atoms with Gasteiger partial charge in [0.1, 0.15) is 5.75 Å². The second kappa shape index (κ2) is 14.5. The number of benzene rings is 2. The van der Waals surface area contributed by atoms with Gasteiger partial charge in [-0.3, -0.25) is 28.9 Å². The summed E-state index contributed by atoms with van der Waals surface area (Å²) in [6.07, 6.45) is 2.42. The number of aliphatic carboxylic acids is 1. The number of carbonyl (C=O) groups excluding carboxylic acids is 4. The van der Waals surface area contributed by atoms with Crippen LogP contribution in [0.4, 0.5) is 5.69 Å². The molecule has 268 valence electrons. The lowest BCUT2D eigenvalue weighted by Gasteiger charge is -2.43. The molecule has 6 unspecified atom stereocenters. The topological polar surface area (TPSA) is 172 Å². The van der Waals surface area contributed by atoms with E-state index in [-0.39, 0.29) is 71.8 Å². The van der Waals surface area contributed by atoms with Crippen LogP contribution in [0.5, 0.6) is 5.75 Å². The zero-order valence-corrected chi connectivity index (χ0v) is 30.0. The first-order valence-electron chi connectivity index (χ1n) is 17.0. The molecule has 3 heterocycles. The molecule has 1 aromatic heterocycles. The highest BCUT2D eigenvalue weighted by atomic mass is 35.5. The maximum absolute atomic E-state index is 13.9. The van der Waals surface area contributed by atoms with Gasteiger partial charge in [0, 0.05) is 45.3 Å². The van der Waals surface area contributed by atoms with Crippen LogP contribution in [0.2, 0.25) is 5.02 Å². The average molecular weight is 754 g/mol. The van der Waals surface area contributed by atoms with Gasteiger partial charge in [-0.2, -0.15) is 0 Å². The molecule has 0 spiro atoms. The van der Waals surface area contributed by atoms with Crippen molar-refractivity contribution in [3.05, 3.63) is 73.2 Å². The number of carboxylic acid groups (broad SMARTS) is 1. The molecule has 3 N–H and O–H groups in total. The number of carboxylic acids is 1. The van der Waals surface area contributed by atoms with E-state index in [1.807, 2.05) is 0 Å². The molecule has 3 fully saturated rings.